The first-order valence-electron chi connectivity index (χ1n) is 5.48. The second-order valence-corrected chi connectivity index (χ2v) is 4.72. The Labute approximate surface area is 112 Å². The van der Waals surface area contributed by atoms with Gasteiger partial charge in [-0.1, -0.05) is 15.9 Å². The van der Waals surface area contributed by atoms with E-state index in [0.717, 1.165) is 15.9 Å². The lowest BCUT2D eigenvalue weighted by Gasteiger charge is -2.03. The maximum Gasteiger partial charge on any atom is 0.234 e. The third-order valence-electron chi connectivity index (χ3n) is 2.49. The molecule has 0 radical (unpaired) electrons. The van der Waals surface area contributed by atoms with Crippen LogP contribution < -0.4 is 4.74 Å². The molecule has 0 N–H and O–H groups in total. The van der Waals surface area contributed by atoms with Crippen molar-refractivity contribution in [2.24, 2.45) is 0 Å². The van der Waals surface area contributed by atoms with Crippen LogP contribution in [0.2, 0.25) is 0 Å². The van der Waals surface area contributed by atoms with Crippen molar-refractivity contribution in [2.45, 2.75) is 6.61 Å². The molecule has 0 unspecified atom stereocenters. The second kappa shape index (κ2) is 4.78. The van der Waals surface area contributed by atoms with Gasteiger partial charge in [0.25, 0.3) is 0 Å². The molecule has 0 saturated carbocycles. The van der Waals surface area contributed by atoms with E-state index in [4.69, 9.17) is 4.74 Å². The second-order valence-electron chi connectivity index (χ2n) is 3.80. The maximum absolute atomic E-state index is 5.65. The molecular formula is C13H10BrN3O. The molecule has 0 fully saturated rings. The van der Waals surface area contributed by atoms with Crippen molar-refractivity contribution in [1.29, 1.82) is 0 Å². The number of rotatable bonds is 3. The van der Waals surface area contributed by atoms with Gasteiger partial charge in [0.05, 0.1) is 5.69 Å². The lowest BCUT2D eigenvalue weighted by atomic mass is 10.3. The molecule has 4 nitrogen and oxygen atoms in total. The van der Waals surface area contributed by atoms with E-state index in [2.05, 4.69) is 25.9 Å². The van der Waals surface area contributed by atoms with E-state index in [-0.39, 0.29) is 0 Å². The van der Waals surface area contributed by atoms with E-state index in [9.17, 15) is 0 Å². The summed E-state index contributed by atoms with van der Waals surface area (Å²) in [7, 11) is 0. The molecule has 18 heavy (non-hydrogen) atoms. The van der Waals surface area contributed by atoms with Crippen molar-refractivity contribution in [3.05, 3.63) is 59.1 Å². The molecule has 0 amide bonds. The summed E-state index contributed by atoms with van der Waals surface area (Å²) in [6, 6.07) is 9.59. The molecule has 2 aromatic heterocycles. The van der Waals surface area contributed by atoms with Gasteiger partial charge in [-0.25, -0.2) is 9.97 Å². The van der Waals surface area contributed by atoms with Gasteiger partial charge < -0.3 is 4.74 Å². The minimum absolute atomic E-state index is 0.436. The Morgan fingerprint density at radius 2 is 2.06 bits per heavy atom. The number of imidazole rings is 1. The molecule has 0 aliphatic rings. The fourth-order valence-corrected chi connectivity index (χ4v) is 1.90. The van der Waals surface area contributed by atoms with Crippen molar-refractivity contribution in [2.75, 3.05) is 0 Å². The van der Waals surface area contributed by atoms with Gasteiger partial charge in [-0.05, 0) is 30.3 Å². The normalized spacial score (nSPS) is 10.7. The zero-order valence-corrected chi connectivity index (χ0v) is 11.0. The van der Waals surface area contributed by atoms with Gasteiger partial charge in [0.15, 0.2) is 0 Å². The summed E-state index contributed by atoms with van der Waals surface area (Å²) in [4.78, 5) is 8.52. The van der Waals surface area contributed by atoms with Gasteiger partial charge in [-0.3, -0.25) is 4.40 Å². The first-order valence-corrected chi connectivity index (χ1v) is 6.27. The highest BCUT2D eigenvalue weighted by Crippen LogP contribution is 2.17. The molecule has 3 rings (SSSR count). The van der Waals surface area contributed by atoms with Crippen LogP contribution in [0.5, 0.6) is 5.75 Å². The molecule has 0 atom stereocenters. The third kappa shape index (κ3) is 2.36. The Hall–Kier alpha value is -1.88. The van der Waals surface area contributed by atoms with Crippen LogP contribution in [0.3, 0.4) is 0 Å². The number of benzene rings is 1. The van der Waals surface area contributed by atoms with Crippen LogP contribution in [0.25, 0.3) is 5.78 Å². The van der Waals surface area contributed by atoms with Crippen molar-refractivity contribution in [3.8, 4) is 5.75 Å². The number of aromatic nitrogens is 3. The van der Waals surface area contributed by atoms with Gasteiger partial charge >= 0.3 is 0 Å². The Balaban J connectivity index is 1.74. The number of halogens is 1. The molecule has 5 heteroatoms. The van der Waals surface area contributed by atoms with Gasteiger partial charge in [-0.2, -0.15) is 0 Å². The number of ether oxygens (including phenoxy) is 1. The minimum atomic E-state index is 0.436. The van der Waals surface area contributed by atoms with Crippen molar-refractivity contribution >= 4 is 21.7 Å². The van der Waals surface area contributed by atoms with Crippen molar-refractivity contribution in [3.63, 3.8) is 0 Å². The van der Waals surface area contributed by atoms with E-state index in [1.807, 2.05) is 47.1 Å². The van der Waals surface area contributed by atoms with Crippen molar-refractivity contribution in [1.82, 2.24) is 14.4 Å². The molecule has 2 heterocycles. The first-order chi connectivity index (χ1) is 8.81. The SMILES string of the molecule is Brc1ccc(OCc2cn3cccnc3n2)cc1. The number of fused-ring (bicyclic) bond motifs is 1. The van der Waals surface area contributed by atoms with Gasteiger partial charge in [-0.15, -0.1) is 0 Å². The summed E-state index contributed by atoms with van der Waals surface area (Å²) < 4.78 is 8.56. The number of nitrogens with zero attached hydrogens (tertiary/aromatic N) is 3. The van der Waals surface area contributed by atoms with Crippen LogP contribution in [-0.4, -0.2) is 14.4 Å². The quantitative estimate of drug-likeness (QED) is 0.746. The molecule has 0 saturated heterocycles. The van der Waals surface area contributed by atoms with E-state index >= 15 is 0 Å². The van der Waals surface area contributed by atoms with Crippen LogP contribution in [0.15, 0.2) is 53.4 Å². The summed E-state index contributed by atoms with van der Waals surface area (Å²) in [5.74, 6) is 1.51. The number of hydrogen-bond acceptors (Lipinski definition) is 3. The zero-order chi connectivity index (χ0) is 12.4. The molecule has 0 bridgehead atoms. The van der Waals surface area contributed by atoms with Crippen LogP contribution in [-0.2, 0) is 6.61 Å². The minimum Gasteiger partial charge on any atom is -0.487 e. The Morgan fingerprint density at radius 3 is 2.83 bits per heavy atom. The fourth-order valence-electron chi connectivity index (χ4n) is 1.64. The lowest BCUT2D eigenvalue weighted by Crippen LogP contribution is -1.95. The first kappa shape index (κ1) is 11.2. The third-order valence-corrected chi connectivity index (χ3v) is 3.01. The predicted octanol–water partition coefficient (Wildman–Crippen LogP) is 3.07. The summed E-state index contributed by atoms with van der Waals surface area (Å²) in [6.07, 6.45) is 5.56. The lowest BCUT2D eigenvalue weighted by molar-refractivity contribution is 0.302. The van der Waals surface area contributed by atoms with Gasteiger partial charge in [0, 0.05) is 23.1 Å². The average Bonchev–Trinajstić information content (AvgIpc) is 2.81. The summed E-state index contributed by atoms with van der Waals surface area (Å²) in [5, 5.41) is 0. The topological polar surface area (TPSA) is 39.4 Å². The smallest absolute Gasteiger partial charge is 0.234 e. The molecule has 0 aliphatic carbocycles. The largest absolute Gasteiger partial charge is 0.487 e. The molecule has 90 valence electrons. The summed E-state index contributed by atoms with van der Waals surface area (Å²) in [6.45, 7) is 0.436. The van der Waals surface area contributed by atoms with Gasteiger partial charge in [0.2, 0.25) is 5.78 Å². The summed E-state index contributed by atoms with van der Waals surface area (Å²) >= 11 is 3.39. The molecule has 0 aliphatic heterocycles. The molecule has 0 spiro atoms. The van der Waals surface area contributed by atoms with E-state index in [1.54, 1.807) is 6.20 Å². The standard InChI is InChI=1S/C13H10BrN3O/c14-10-2-4-12(5-3-10)18-9-11-8-17-7-1-6-15-13(17)16-11/h1-8H,9H2. The molecule has 3 aromatic rings. The Kier molecular flexibility index (Phi) is 2.98. The number of hydrogen-bond donors (Lipinski definition) is 0. The monoisotopic (exact) mass is 303 g/mol. The Bertz CT molecular complexity index is 630. The maximum atomic E-state index is 5.65. The van der Waals surface area contributed by atoms with Crippen molar-refractivity contribution < 1.29 is 4.74 Å². The van der Waals surface area contributed by atoms with Crippen LogP contribution in [0, 0.1) is 0 Å². The highest BCUT2D eigenvalue weighted by Gasteiger charge is 2.02. The van der Waals surface area contributed by atoms with E-state index < -0.39 is 0 Å². The fraction of sp³-hybridized carbons (Fsp3) is 0.0769. The molecular weight excluding hydrogens is 294 g/mol. The molecule has 1 aromatic carbocycles. The van der Waals surface area contributed by atoms with Crippen LogP contribution >= 0.6 is 15.9 Å². The van der Waals surface area contributed by atoms with E-state index in [1.165, 1.54) is 0 Å². The Morgan fingerprint density at radius 1 is 1.22 bits per heavy atom. The van der Waals surface area contributed by atoms with E-state index in [0.29, 0.717) is 12.4 Å². The van der Waals surface area contributed by atoms with Gasteiger partial charge in [0.1, 0.15) is 12.4 Å². The highest BCUT2D eigenvalue weighted by molar-refractivity contribution is 9.10. The van der Waals surface area contributed by atoms with Crippen LogP contribution in [0.4, 0.5) is 0 Å². The van der Waals surface area contributed by atoms with Crippen LogP contribution in [0.1, 0.15) is 5.69 Å². The predicted molar refractivity (Wildman–Crippen MR) is 71.5 cm³/mol. The zero-order valence-electron chi connectivity index (χ0n) is 9.45. The summed E-state index contributed by atoms with van der Waals surface area (Å²) in [5.41, 5.74) is 0.858. The average molecular weight is 304 g/mol. The highest BCUT2D eigenvalue weighted by atomic mass is 79.9.